The summed E-state index contributed by atoms with van der Waals surface area (Å²) >= 11 is 0. The third-order valence-electron chi connectivity index (χ3n) is 6.00. The van der Waals surface area contributed by atoms with Gasteiger partial charge in [-0.15, -0.1) is 0 Å². The van der Waals surface area contributed by atoms with Crippen molar-refractivity contribution in [3.63, 3.8) is 0 Å². The smallest absolute Gasteiger partial charge is 0.321 e. The van der Waals surface area contributed by atoms with E-state index in [1.165, 1.54) is 11.1 Å². The first kappa shape index (κ1) is 21.8. The molecule has 1 aliphatic rings. The molecule has 1 aromatic heterocycles. The van der Waals surface area contributed by atoms with Gasteiger partial charge in [-0.3, -0.25) is 0 Å². The van der Waals surface area contributed by atoms with Crippen LogP contribution in [0.15, 0.2) is 54.6 Å². The number of para-hydroxylation sites is 1. The van der Waals surface area contributed by atoms with E-state index in [-0.39, 0.29) is 6.03 Å². The fraction of sp³-hybridized carbons (Fsp3) is 0.346. The number of anilines is 2. The van der Waals surface area contributed by atoms with Crippen LogP contribution in [0.25, 0.3) is 0 Å². The molecule has 0 atom stereocenters. The van der Waals surface area contributed by atoms with Gasteiger partial charge in [0.15, 0.2) is 0 Å². The van der Waals surface area contributed by atoms with E-state index in [4.69, 9.17) is 4.98 Å². The number of urea groups is 1. The number of aromatic nitrogens is 2. The molecule has 0 spiro atoms. The lowest BCUT2D eigenvalue weighted by molar-refractivity contribution is 0.215. The van der Waals surface area contributed by atoms with Gasteiger partial charge in [-0.05, 0) is 44.4 Å². The Morgan fingerprint density at radius 3 is 2.44 bits per heavy atom. The molecule has 6 nitrogen and oxygen atoms in total. The summed E-state index contributed by atoms with van der Waals surface area (Å²) in [4.78, 5) is 26.6. The minimum atomic E-state index is -0.0410. The van der Waals surface area contributed by atoms with Crippen LogP contribution in [0, 0.1) is 20.8 Å². The van der Waals surface area contributed by atoms with E-state index in [1.54, 1.807) is 0 Å². The molecule has 0 unspecified atom stereocenters. The zero-order valence-corrected chi connectivity index (χ0v) is 19.1. The Labute approximate surface area is 190 Å². The van der Waals surface area contributed by atoms with Gasteiger partial charge in [0.05, 0.1) is 0 Å². The van der Waals surface area contributed by atoms with E-state index in [0.717, 1.165) is 61.1 Å². The van der Waals surface area contributed by atoms with Crippen molar-refractivity contribution in [2.45, 2.75) is 33.6 Å². The third-order valence-corrected chi connectivity index (χ3v) is 6.00. The summed E-state index contributed by atoms with van der Waals surface area (Å²) in [6.07, 6.45) is 1.70. The molecule has 1 N–H and O–H groups in total. The average molecular weight is 430 g/mol. The predicted octanol–water partition coefficient (Wildman–Crippen LogP) is 4.74. The number of benzene rings is 2. The zero-order chi connectivity index (χ0) is 22.5. The highest BCUT2D eigenvalue weighted by Gasteiger charge is 2.23. The Balaban J connectivity index is 1.50. The number of hydrogen-bond acceptors (Lipinski definition) is 4. The summed E-state index contributed by atoms with van der Waals surface area (Å²) in [5.41, 5.74) is 5.37. The number of aryl methyl sites for hydroxylation is 3. The maximum Gasteiger partial charge on any atom is 0.321 e. The molecule has 2 amide bonds. The van der Waals surface area contributed by atoms with Crippen LogP contribution in [-0.2, 0) is 6.42 Å². The second kappa shape index (κ2) is 9.81. The number of amides is 2. The number of carbonyl (C=O) groups is 1. The van der Waals surface area contributed by atoms with Crippen molar-refractivity contribution in [2.75, 3.05) is 36.4 Å². The van der Waals surface area contributed by atoms with Crippen molar-refractivity contribution in [1.29, 1.82) is 0 Å². The van der Waals surface area contributed by atoms with Crippen LogP contribution in [0.4, 0.5) is 16.3 Å². The minimum absolute atomic E-state index is 0.0410. The van der Waals surface area contributed by atoms with Crippen LogP contribution < -0.4 is 10.2 Å². The maximum absolute atomic E-state index is 12.9. The van der Waals surface area contributed by atoms with Crippen LogP contribution in [0.5, 0.6) is 0 Å². The Bertz CT molecular complexity index is 1080. The van der Waals surface area contributed by atoms with E-state index in [2.05, 4.69) is 46.4 Å². The Kier molecular flexibility index (Phi) is 6.69. The molecule has 2 aromatic carbocycles. The normalized spacial score (nSPS) is 14.2. The van der Waals surface area contributed by atoms with Gasteiger partial charge in [0.1, 0.15) is 11.6 Å². The second-order valence-electron chi connectivity index (χ2n) is 8.39. The summed E-state index contributed by atoms with van der Waals surface area (Å²) in [6.45, 7) is 9.02. The minimum Gasteiger partial charge on any atom is -0.354 e. The van der Waals surface area contributed by atoms with Crippen LogP contribution in [0.2, 0.25) is 0 Å². The third kappa shape index (κ3) is 5.07. The van der Waals surface area contributed by atoms with Gasteiger partial charge < -0.3 is 15.1 Å². The summed E-state index contributed by atoms with van der Waals surface area (Å²) in [5.74, 6) is 1.78. The fourth-order valence-corrected chi connectivity index (χ4v) is 4.23. The molecule has 6 heteroatoms. The highest BCUT2D eigenvalue weighted by Crippen LogP contribution is 2.25. The standard InChI is InChI=1S/C26H31N5O/c1-19-10-7-8-13-24(19)29-26(32)31-15-9-14-30(16-17-31)25-23(20(2)27-21(3)28-25)18-22-11-5-4-6-12-22/h4-8,10-13H,9,14-18H2,1-3H3,(H,29,32). The molecule has 1 saturated heterocycles. The van der Waals surface area contributed by atoms with Gasteiger partial charge in [-0.2, -0.15) is 0 Å². The van der Waals surface area contributed by atoms with Crippen LogP contribution in [-0.4, -0.2) is 47.1 Å². The second-order valence-corrected chi connectivity index (χ2v) is 8.39. The molecule has 0 aliphatic carbocycles. The van der Waals surface area contributed by atoms with Gasteiger partial charge in [-0.25, -0.2) is 14.8 Å². The monoisotopic (exact) mass is 429 g/mol. The largest absolute Gasteiger partial charge is 0.354 e. The number of nitrogens with one attached hydrogen (secondary N) is 1. The van der Waals surface area contributed by atoms with Crippen molar-refractivity contribution in [3.8, 4) is 0 Å². The van der Waals surface area contributed by atoms with Gasteiger partial charge in [-0.1, -0.05) is 48.5 Å². The lowest BCUT2D eigenvalue weighted by Gasteiger charge is -2.26. The quantitative estimate of drug-likeness (QED) is 0.651. The lowest BCUT2D eigenvalue weighted by atomic mass is 10.0. The summed E-state index contributed by atoms with van der Waals surface area (Å²) < 4.78 is 0. The molecule has 0 saturated carbocycles. The first-order valence-electron chi connectivity index (χ1n) is 11.3. The van der Waals surface area contributed by atoms with E-state index in [9.17, 15) is 4.79 Å². The van der Waals surface area contributed by atoms with Crippen LogP contribution >= 0.6 is 0 Å². The molecular weight excluding hydrogens is 398 g/mol. The summed E-state index contributed by atoms with van der Waals surface area (Å²) in [7, 11) is 0. The van der Waals surface area contributed by atoms with Crippen LogP contribution in [0.3, 0.4) is 0 Å². The number of nitrogens with zero attached hydrogens (tertiary/aromatic N) is 4. The first-order chi connectivity index (χ1) is 15.5. The van der Waals surface area contributed by atoms with E-state index >= 15 is 0 Å². The molecule has 166 valence electrons. The fourth-order valence-electron chi connectivity index (χ4n) is 4.23. The SMILES string of the molecule is Cc1nc(C)c(Cc2ccccc2)c(N2CCCN(C(=O)Nc3ccccc3C)CC2)n1. The van der Waals surface area contributed by atoms with Crippen molar-refractivity contribution in [3.05, 3.63) is 82.8 Å². The molecule has 1 fully saturated rings. The number of hydrogen-bond donors (Lipinski definition) is 1. The number of rotatable bonds is 4. The number of carbonyl (C=O) groups excluding carboxylic acids is 1. The predicted molar refractivity (Wildman–Crippen MR) is 129 cm³/mol. The molecule has 2 heterocycles. The molecule has 32 heavy (non-hydrogen) atoms. The van der Waals surface area contributed by atoms with Crippen LogP contribution in [0.1, 0.15) is 34.6 Å². The first-order valence-corrected chi connectivity index (χ1v) is 11.3. The van der Waals surface area contributed by atoms with Gasteiger partial charge in [0.2, 0.25) is 0 Å². The molecule has 0 radical (unpaired) electrons. The van der Waals surface area contributed by atoms with Crippen molar-refractivity contribution >= 4 is 17.5 Å². The van der Waals surface area contributed by atoms with Crippen molar-refractivity contribution in [2.24, 2.45) is 0 Å². The highest BCUT2D eigenvalue weighted by atomic mass is 16.2. The van der Waals surface area contributed by atoms with Gasteiger partial charge in [0, 0.05) is 49.5 Å². The van der Waals surface area contributed by atoms with Crippen molar-refractivity contribution < 1.29 is 4.79 Å². The van der Waals surface area contributed by atoms with Crippen molar-refractivity contribution in [1.82, 2.24) is 14.9 Å². The molecule has 3 aromatic rings. The van der Waals surface area contributed by atoms with E-state index in [0.29, 0.717) is 6.54 Å². The highest BCUT2D eigenvalue weighted by molar-refractivity contribution is 5.90. The Hall–Kier alpha value is -3.41. The molecule has 1 aliphatic heterocycles. The average Bonchev–Trinajstić information content (AvgIpc) is 3.04. The summed E-state index contributed by atoms with van der Waals surface area (Å²) in [6, 6.07) is 18.3. The Morgan fingerprint density at radius 2 is 1.66 bits per heavy atom. The Morgan fingerprint density at radius 1 is 0.906 bits per heavy atom. The zero-order valence-electron chi connectivity index (χ0n) is 19.1. The molecule has 4 rings (SSSR count). The topological polar surface area (TPSA) is 61.4 Å². The van der Waals surface area contributed by atoms with E-state index in [1.807, 2.05) is 49.1 Å². The van der Waals surface area contributed by atoms with E-state index < -0.39 is 0 Å². The maximum atomic E-state index is 12.9. The lowest BCUT2D eigenvalue weighted by Crippen LogP contribution is -2.38. The summed E-state index contributed by atoms with van der Waals surface area (Å²) in [5, 5.41) is 3.07. The van der Waals surface area contributed by atoms with Gasteiger partial charge >= 0.3 is 6.03 Å². The molecular formula is C26H31N5O. The van der Waals surface area contributed by atoms with Gasteiger partial charge in [0.25, 0.3) is 0 Å². The molecule has 0 bridgehead atoms.